The van der Waals surface area contributed by atoms with Crippen LogP contribution >= 0.6 is 11.6 Å². The standard InChI is InChI=1S/C17H26ClNO/c1-3-13(2)14-7-8-17(16(18)12-14)20-11-9-15-6-4-5-10-19-15/h7-8,12-13,15,19H,3-6,9-11H2,1-2H3/t13-,15-/m0/s1. The van der Waals surface area contributed by atoms with Crippen LogP contribution in [0.2, 0.25) is 5.02 Å². The topological polar surface area (TPSA) is 21.3 Å². The van der Waals surface area contributed by atoms with E-state index in [-0.39, 0.29) is 0 Å². The molecule has 2 rings (SSSR count). The van der Waals surface area contributed by atoms with Gasteiger partial charge in [-0.1, -0.05) is 37.9 Å². The van der Waals surface area contributed by atoms with Crippen molar-refractivity contribution < 1.29 is 4.74 Å². The molecule has 112 valence electrons. The average molecular weight is 296 g/mol. The van der Waals surface area contributed by atoms with Gasteiger partial charge in [0.1, 0.15) is 5.75 Å². The largest absolute Gasteiger partial charge is 0.492 e. The van der Waals surface area contributed by atoms with E-state index in [0.717, 1.165) is 36.8 Å². The van der Waals surface area contributed by atoms with Gasteiger partial charge in [0.15, 0.2) is 0 Å². The Morgan fingerprint density at radius 3 is 2.90 bits per heavy atom. The fourth-order valence-corrected chi connectivity index (χ4v) is 2.90. The van der Waals surface area contributed by atoms with E-state index in [9.17, 15) is 0 Å². The number of halogens is 1. The van der Waals surface area contributed by atoms with Crippen molar-refractivity contribution >= 4 is 11.6 Å². The summed E-state index contributed by atoms with van der Waals surface area (Å²) in [6.07, 6.45) is 6.10. The number of nitrogens with one attached hydrogen (secondary N) is 1. The maximum absolute atomic E-state index is 6.31. The summed E-state index contributed by atoms with van der Waals surface area (Å²) in [5.74, 6) is 1.36. The second kappa shape index (κ2) is 7.90. The minimum absolute atomic E-state index is 0.549. The molecule has 2 atom stereocenters. The SMILES string of the molecule is CC[C@H](C)c1ccc(OCC[C@@H]2CCCCN2)c(Cl)c1. The fourth-order valence-electron chi connectivity index (χ4n) is 2.66. The van der Waals surface area contributed by atoms with Gasteiger partial charge >= 0.3 is 0 Å². The fraction of sp³-hybridized carbons (Fsp3) is 0.647. The number of rotatable bonds is 6. The number of piperidine rings is 1. The summed E-state index contributed by atoms with van der Waals surface area (Å²) in [6, 6.07) is 6.80. The van der Waals surface area contributed by atoms with E-state index in [1.807, 2.05) is 12.1 Å². The predicted octanol–water partition coefficient (Wildman–Crippen LogP) is 4.76. The Morgan fingerprint density at radius 1 is 1.40 bits per heavy atom. The van der Waals surface area contributed by atoms with Crippen LogP contribution in [0.5, 0.6) is 5.75 Å². The minimum atomic E-state index is 0.549. The van der Waals surface area contributed by atoms with Crippen LogP contribution in [-0.4, -0.2) is 19.2 Å². The third kappa shape index (κ3) is 4.39. The zero-order valence-corrected chi connectivity index (χ0v) is 13.4. The zero-order valence-electron chi connectivity index (χ0n) is 12.6. The highest BCUT2D eigenvalue weighted by Gasteiger charge is 2.13. The van der Waals surface area contributed by atoms with E-state index in [2.05, 4.69) is 25.2 Å². The van der Waals surface area contributed by atoms with Crippen molar-refractivity contribution in [2.45, 2.75) is 57.9 Å². The van der Waals surface area contributed by atoms with Gasteiger partial charge in [0, 0.05) is 6.04 Å². The van der Waals surface area contributed by atoms with Gasteiger partial charge < -0.3 is 10.1 Å². The first-order chi connectivity index (χ1) is 9.70. The molecule has 1 N–H and O–H groups in total. The molecule has 3 heteroatoms. The van der Waals surface area contributed by atoms with Crippen molar-refractivity contribution in [1.82, 2.24) is 5.32 Å². The first kappa shape index (κ1) is 15.7. The highest BCUT2D eigenvalue weighted by atomic mass is 35.5. The number of hydrogen-bond acceptors (Lipinski definition) is 2. The molecule has 1 aromatic rings. The van der Waals surface area contributed by atoms with Gasteiger partial charge in [-0.25, -0.2) is 0 Å². The Kier molecular flexibility index (Phi) is 6.18. The Morgan fingerprint density at radius 2 is 2.25 bits per heavy atom. The predicted molar refractivity (Wildman–Crippen MR) is 85.9 cm³/mol. The Bertz CT molecular complexity index is 415. The van der Waals surface area contributed by atoms with Crippen LogP contribution in [0, 0.1) is 0 Å². The molecule has 20 heavy (non-hydrogen) atoms. The van der Waals surface area contributed by atoms with Crippen molar-refractivity contribution in [1.29, 1.82) is 0 Å². The van der Waals surface area contributed by atoms with Crippen LogP contribution in [0.3, 0.4) is 0 Å². The van der Waals surface area contributed by atoms with E-state index in [4.69, 9.17) is 16.3 Å². The van der Waals surface area contributed by atoms with Crippen LogP contribution in [0.1, 0.15) is 57.4 Å². The lowest BCUT2D eigenvalue weighted by atomic mass is 9.99. The maximum atomic E-state index is 6.31. The molecule has 0 aromatic heterocycles. The van der Waals surface area contributed by atoms with Gasteiger partial charge in [0.2, 0.25) is 0 Å². The molecule has 0 amide bonds. The Hall–Kier alpha value is -0.730. The molecule has 1 heterocycles. The van der Waals surface area contributed by atoms with Crippen molar-refractivity contribution in [2.24, 2.45) is 0 Å². The molecule has 0 radical (unpaired) electrons. The summed E-state index contributed by atoms with van der Waals surface area (Å²) in [6.45, 7) is 6.30. The van der Waals surface area contributed by atoms with Crippen molar-refractivity contribution in [2.75, 3.05) is 13.2 Å². The van der Waals surface area contributed by atoms with Gasteiger partial charge in [-0.3, -0.25) is 0 Å². The van der Waals surface area contributed by atoms with Crippen molar-refractivity contribution in [3.8, 4) is 5.75 Å². The van der Waals surface area contributed by atoms with Crippen LogP contribution < -0.4 is 10.1 Å². The molecule has 1 fully saturated rings. The van der Waals surface area contributed by atoms with Crippen LogP contribution in [0.15, 0.2) is 18.2 Å². The highest BCUT2D eigenvalue weighted by molar-refractivity contribution is 6.32. The van der Waals surface area contributed by atoms with Gasteiger partial charge in [0.25, 0.3) is 0 Å². The molecular formula is C17H26ClNO. The van der Waals surface area contributed by atoms with E-state index in [1.54, 1.807) is 0 Å². The third-order valence-corrected chi connectivity index (χ3v) is 4.57. The van der Waals surface area contributed by atoms with Crippen LogP contribution in [-0.2, 0) is 0 Å². The smallest absolute Gasteiger partial charge is 0.137 e. The van der Waals surface area contributed by atoms with Gasteiger partial charge in [-0.2, -0.15) is 0 Å². The lowest BCUT2D eigenvalue weighted by molar-refractivity contribution is 0.268. The summed E-state index contributed by atoms with van der Waals surface area (Å²) < 4.78 is 5.84. The quantitative estimate of drug-likeness (QED) is 0.816. The minimum Gasteiger partial charge on any atom is -0.492 e. The molecule has 2 nitrogen and oxygen atoms in total. The van der Waals surface area contributed by atoms with Crippen LogP contribution in [0.25, 0.3) is 0 Å². The lowest BCUT2D eigenvalue weighted by Crippen LogP contribution is -2.35. The maximum Gasteiger partial charge on any atom is 0.137 e. The lowest BCUT2D eigenvalue weighted by Gasteiger charge is -2.23. The van der Waals surface area contributed by atoms with Gasteiger partial charge in [-0.05, 0) is 55.8 Å². The van der Waals surface area contributed by atoms with E-state index >= 15 is 0 Å². The summed E-state index contributed by atoms with van der Waals surface area (Å²) in [5, 5.41) is 4.27. The van der Waals surface area contributed by atoms with Crippen molar-refractivity contribution in [3.05, 3.63) is 28.8 Å². The normalized spacial score (nSPS) is 20.6. The van der Waals surface area contributed by atoms with Crippen LogP contribution in [0.4, 0.5) is 0 Å². The van der Waals surface area contributed by atoms with E-state index in [1.165, 1.54) is 24.8 Å². The van der Waals surface area contributed by atoms with E-state index in [0.29, 0.717) is 12.0 Å². The highest BCUT2D eigenvalue weighted by Crippen LogP contribution is 2.29. The zero-order chi connectivity index (χ0) is 14.4. The molecule has 0 saturated carbocycles. The first-order valence-corrected chi connectivity index (χ1v) is 8.24. The first-order valence-electron chi connectivity index (χ1n) is 7.86. The molecule has 0 unspecified atom stereocenters. The molecule has 1 aliphatic rings. The Labute approximate surface area is 127 Å². The molecule has 1 aromatic carbocycles. The summed E-state index contributed by atoms with van der Waals surface area (Å²) in [5.41, 5.74) is 1.29. The third-order valence-electron chi connectivity index (χ3n) is 4.27. The molecule has 0 spiro atoms. The number of hydrogen-bond donors (Lipinski definition) is 1. The Balaban J connectivity index is 1.83. The summed E-state index contributed by atoms with van der Waals surface area (Å²) in [4.78, 5) is 0. The van der Waals surface area contributed by atoms with E-state index < -0.39 is 0 Å². The monoisotopic (exact) mass is 295 g/mol. The van der Waals surface area contributed by atoms with Gasteiger partial charge in [0.05, 0.1) is 11.6 Å². The molecule has 0 bridgehead atoms. The van der Waals surface area contributed by atoms with Crippen molar-refractivity contribution in [3.63, 3.8) is 0 Å². The summed E-state index contributed by atoms with van der Waals surface area (Å²) >= 11 is 6.31. The summed E-state index contributed by atoms with van der Waals surface area (Å²) in [7, 11) is 0. The number of benzene rings is 1. The molecule has 1 aliphatic heterocycles. The molecule has 0 aliphatic carbocycles. The molecular weight excluding hydrogens is 270 g/mol. The molecule has 1 saturated heterocycles. The average Bonchev–Trinajstić information content (AvgIpc) is 2.49. The second-order valence-corrected chi connectivity index (χ2v) is 6.19. The number of ether oxygens (including phenoxy) is 1. The van der Waals surface area contributed by atoms with Gasteiger partial charge in [-0.15, -0.1) is 0 Å². The second-order valence-electron chi connectivity index (χ2n) is 5.78.